The molecule has 3 atom stereocenters. The fraction of sp³-hybridized carbons (Fsp3) is 0.211. The van der Waals surface area contributed by atoms with E-state index in [1.54, 1.807) is 91.0 Å². The molecule has 1 aromatic heterocycles. The number of rotatable bonds is 15. The van der Waals surface area contributed by atoms with E-state index in [0.717, 1.165) is 27.9 Å². The normalized spacial score (nSPS) is 13.6. The maximum absolute atomic E-state index is 14.0. The number of carbonyl (C=O) groups is 3. The van der Waals surface area contributed by atoms with E-state index < -0.39 is 75.5 Å². The van der Waals surface area contributed by atoms with Crippen molar-refractivity contribution >= 4 is 38.6 Å². The van der Waals surface area contributed by atoms with Gasteiger partial charge in [0.1, 0.15) is 11.7 Å². The lowest BCUT2D eigenvalue weighted by Crippen LogP contribution is -2.56. The van der Waals surface area contributed by atoms with Crippen LogP contribution in [0.1, 0.15) is 33.6 Å². The Morgan fingerprint density at radius 3 is 2.11 bits per heavy atom. The molecule has 5 N–H and O–H groups in total. The van der Waals surface area contributed by atoms with Gasteiger partial charge in [0.05, 0.1) is 34.5 Å². The fourth-order valence-electron chi connectivity index (χ4n) is 5.62. The van der Waals surface area contributed by atoms with E-state index in [1.807, 2.05) is 0 Å². The zero-order chi connectivity index (χ0) is 38.2. The van der Waals surface area contributed by atoms with E-state index >= 15 is 0 Å². The second-order valence-electron chi connectivity index (χ2n) is 12.3. The predicted octanol–water partition coefficient (Wildman–Crippen LogP) is 4.21. The number of fused-ring (bicyclic) bond motifs is 1. The standard InChI is InChI=1S/C38H36F3N5O6S/c39-38(40,41)28-15-9-16-29(21-28)53(51,52)46(23-26-12-5-2-6-13-26)24-34(47)32(20-25-10-3-1-4-11-25)44-37(50)33(22-35(42)48)45-36(49)31-19-18-27-14-7-8-17-30(27)43-31/h1-19,21,32-34,47H,20,22-24H2,(H2,42,48)(H,44,50)(H,45,49)/t32-,33-,34+/m0/s1. The highest BCUT2D eigenvalue weighted by atomic mass is 32.2. The van der Waals surface area contributed by atoms with Gasteiger partial charge in [0.2, 0.25) is 21.8 Å². The van der Waals surface area contributed by atoms with Crippen molar-refractivity contribution < 1.29 is 41.1 Å². The van der Waals surface area contributed by atoms with Crippen LogP contribution in [0, 0.1) is 0 Å². The number of halogens is 3. The van der Waals surface area contributed by atoms with Gasteiger partial charge in [-0.3, -0.25) is 14.4 Å². The van der Waals surface area contributed by atoms with Crippen LogP contribution in [-0.2, 0) is 38.8 Å². The molecule has 0 fully saturated rings. The van der Waals surface area contributed by atoms with Gasteiger partial charge >= 0.3 is 6.18 Å². The number of primary amides is 1. The summed E-state index contributed by atoms with van der Waals surface area (Å²) < 4.78 is 69.5. The zero-order valence-corrected chi connectivity index (χ0v) is 28.9. The van der Waals surface area contributed by atoms with E-state index in [-0.39, 0.29) is 18.7 Å². The maximum atomic E-state index is 14.0. The SMILES string of the molecule is NC(=O)C[C@H](NC(=O)c1ccc2ccccc2n1)C(=O)N[C@@H](Cc1ccccc1)[C@H](O)CN(Cc1ccccc1)S(=O)(=O)c1cccc(C(F)(F)F)c1. The van der Waals surface area contributed by atoms with Crippen molar-refractivity contribution in [3.05, 3.63) is 144 Å². The Morgan fingerprint density at radius 1 is 0.811 bits per heavy atom. The molecule has 0 aliphatic rings. The molecule has 0 aliphatic heterocycles. The Kier molecular flexibility index (Phi) is 12.2. The van der Waals surface area contributed by atoms with E-state index in [0.29, 0.717) is 22.7 Å². The number of para-hydroxylation sites is 1. The Balaban J connectivity index is 1.44. The number of aliphatic hydroxyl groups is 1. The number of aromatic nitrogens is 1. The minimum Gasteiger partial charge on any atom is -0.390 e. The van der Waals surface area contributed by atoms with Gasteiger partial charge in [0.25, 0.3) is 5.91 Å². The molecule has 5 rings (SSSR count). The van der Waals surface area contributed by atoms with E-state index in [9.17, 15) is 41.1 Å². The van der Waals surface area contributed by atoms with Crippen LogP contribution < -0.4 is 16.4 Å². The average Bonchev–Trinajstić information content (AvgIpc) is 3.14. The number of amides is 3. The summed E-state index contributed by atoms with van der Waals surface area (Å²) in [5.74, 6) is -2.61. The minimum atomic E-state index is -4.82. The van der Waals surface area contributed by atoms with Crippen LogP contribution in [0.15, 0.2) is 126 Å². The first-order valence-corrected chi connectivity index (χ1v) is 17.8. The molecule has 0 unspecified atom stereocenters. The molecule has 5 aromatic rings. The van der Waals surface area contributed by atoms with Crippen molar-refractivity contribution in [2.75, 3.05) is 6.54 Å². The lowest BCUT2D eigenvalue weighted by atomic mass is 10.00. The first kappa shape index (κ1) is 38.6. The summed E-state index contributed by atoms with van der Waals surface area (Å²) in [6.07, 6.45) is -7.14. The highest BCUT2D eigenvalue weighted by Gasteiger charge is 2.36. The van der Waals surface area contributed by atoms with Crippen molar-refractivity contribution in [3.8, 4) is 0 Å². The summed E-state index contributed by atoms with van der Waals surface area (Å²) in [5.41, 5.74) is 5.85. The zero-order valence-electron chi connectivity index (χ0n) is 28.1. The van der Waals surface area contributed by atoms with E-state index in [1.165, 1.54) is 6.07 Å². The number of hydrogen-bond acceptors (Lipinski definition) is 7. The van der Waals surface area contributed by atoms with Gasteiger partial charge in [-0.25, -0.2) is 13.4 Å². The van der Waals surface area contributed by atoms with Crippen molar-refractivity contribution in [3.63, 3.8) is 0 Å². The van der Waals surface area contributed by atoms with Gasteiger partial charge < -0.3 is 21.5 Å². The van der Waals surface area contributed by atoms with Crippen molar-refractivity contribution in [2.45, 2.75) is 48.6 Å². The molecule has 53 heavy (non-hydrogen) atoms. The molecular weight excluding hydrogens is 712 g/mol. The Hall–Kier alpha value is -5.64. The van der Waals surface area contributed by atoms with Crippen LogP contribution in [0.2, 0.25) is 0 Å². The molecule has 0 saturated heterocycles. The predicted molar refractivity (Wildman–Crippen MR) is 190 cm³/mol. The van der Waals surface area contributed by atoms with Crippen molar-refractivity contribution in [1.82, 2.24) is 19.9 Å². The van der Waals surface area contributed by atoms with Crippen molar-refractivity contribution in [1.29, 1.82) is 0 Å². The van der Waals surface area contributed by atoms with Crippen LogP contribution in [0.5, 0.6) is 0 Å². The molecule has 11 nitrogen and oxygen atoms in total. The molecule has 0 bridgehead atoms. The third kappa shape index (κ3) is 10.2. The Morgan fingerprint density at radius 2 is 1.45 bits per heavy atom. The monoisotopic (exact) mass is 747 g/mol. The third-order valence-electron chi connectivity index (χ3n) is 8.34. The quantitative estimate of drug-likeness (QED) is 0.124. The number of benzene rings is 4. The lowest BCUT2D eigenvalue weighted by molar-refractivity contribution is -0.137. The fourth-order valence-corrected chi connectivity index (χ4v) is 7.11. The van der Waals surface area contributed by atoms with E-state index in [2.05, 4.69) is 15.6 Å². The van der Waals surface area contributed by atoms with E-state index in [4.69, 9.17) is 5.73 Å². The highest BCUT2D eigenvalue weighted by molar-refractivity contribution is 7.89. The lowest BCUT2D eigenvalue weighted by Gasteiger charge is -2.31. The van der Waals surface area contributed by atoms with Gasteiger partial charge in [0, 0.05) is 18.5 Å². The first-order chi connectivity index (χ1) is 25.2. The summed E-state index contributed by atoms with van der Waals surface area (Å²) in [6.45, 7) is -0.999. The van der Waals surface area contributed by atoms with Crippen molar-refractivity contribution in [2.24, 2.45) is 5.73 Å². The molecule has 4 aromatic carbocycles. The van der Waals surface area contributed by atoms with Crippen LogP contribution in [0.25, 0.3) is 10.9 Å². The summed E-state index contributed by atoms with van der Waals surface area (Å²) >= 11 is 0. The number of pyridine rings is 1. The molecule has 3 amide bonds. The number of nitrogens with two attached hydrogens (primary N) is 1. The van der Waals surface area contributed by atoms with Crippen LogP contribution in [0.3, 0.4) is 0 Å². The summed E-state index contributed by atoms with van der Waals surface area (Å²) in [5, 5.41) is 17.6. The number of alkyl halides is 3. The number of carbonyl (C=O) groups excluding carboxylic acids is 3. The van der Waals surface area contributed by atoms with Gasteiger partial charge in [-0.1, -0.05) is 91.0 Å². The first-order valence-electron chi connectivity index (χ1n) is 16.4. The molecule has 0 saturated carbocycles. The second kappa shape index (κ2) is 16.8. The Labute approximate surface area is 303 Å². The highest BCUT2D eigenvalue weighted by Crippen LogP contribution is 2.31. The smallest absolute Gasteiger partial charge is 0.390 e. The number of nitrogens with zero attached hydrogens (tertiary/aromatic N) is 2. The van der Waals surface area contributed by atoms with Crippen LogP contribution >= 0.6 is 0 Å². The molecule has 15 heteroatoms. The molecular formula is C38H36F3N5O6S. The third-order valence-corrected chi connectivity index (χ3v) is 10.1. The summed E-state index contributed by atoms with van der Waals surface area (Å²) in [6, 6.07) is 27.5. The Bertz CT molecular complexity index is 2170. The largest absolute Gasteiger partial charge is 0.416 e. The summed E-state index contributed by atoms with van der Waals surface area (Å²) in [7, 11) is -4.67. The average molecular weight is 748 g/mol. The molecule has 0 aliphatic carbocycles. The van der Waals surface area contributed by atoms with Gasteiger partial charge in [0.15, 0.2) is 0 Å². The van der Waals surface area contributed by atoms with Gasteiger partial charge in [-0.15, -0.1) is 0 Å². The van der Waals surface area contributed by atoms with Crippen LogP contribution in [0.4, 0.5) is 13.2 Å². The van der Waals surface area contributed by atoms with Gasteiger partial charge in [-0.05, 0) is 47.9 Å². The number of aliphatic hydroxyl groups excluding tert-OH is 1. The second-order valence-corrected chi connectivity index (χ2v) is 14.2. The minimum absolute atomic E-state index is 0.0387. The van der Waals surface area contributed by atoms with Crippen LogP contribution in [-0.4, -0.2) is 65.3 Å². The molecule has 0 radical (unpaired) electrons. The maximum Gasteiger partial charge on any atom is 0.416 e. The number of sulfonamides is 1. The summed E-state index contributed by atoms with van der Waals surface area (Å²) in [4.78, 5) is 42.8. The molecule has 1 heterocycles. The number of hydrogen-bond donors (Lipinski definition) is 4. The van der Waals surface area contributed by atoms with Gasteiger partial charge in [-0.2, -0.15) is 17.5 Å². The molecule has 0 spiro atoms. The number of nitrogens with one attached hydrogen (secondary N) is 2. The topological polar surface area (TPSA) is 172 Å². The molecule has 276 valence electrons.